The van der Waals surface area contributed by atoms with Crippen molar-refractivity contribution in [3.05, 3.63) is 95.7 Å². The summed E-state index contributed by atoms with van der Waals surface area (Å²) in [6, 6.07) is 24.2. The van der Waals surface area contributed by atoms with Crippen LogP contribution < -0.4 is 25.4 Å². The van der Waals surface area contributed by atoms with Crippen molar-refractivity contribution in [2.45, 2.75) is 26.2 Å². The van der Waals surface area contributed by atoms with Gasteiger partial charge in [0.05, 0.1) is 5.69 Å². The summed E-state index contributed by atoms with van der Waals surface area (Å²) < 4.78 is 12.5. The molecule has 0 saturated heterocycles. The summed E-state index contributed by atoms with van der Waals surface area (Å²) in [5.74, 6) is -0.454. The maximum Gasteiger partial charge on any atom is 0.358 e. The van der Waals surface area contributed by atoms with Crippen molar-refractivity contribution in [1.82, 2.24) is 4.98 Å². The van der Waals surface area contributed by atoms with Crippen molar-refractivity contribution in [2.75, 3.05) is 35.7 Å². The van der Waals surface area contributed by atoms with Gasteiger partial charge in [-0.05, 0) is 72.2 Å². The van der Waals surface area contributed by atoms with Crippen molar-refractivity contribution < 1.29 is 24.2 Å². The van der Waals surface area contributed by atoms with Crippen LogP contribution in [0.3, 0.4) is 0 Å². The van der Waals surface area contributed by atoms with E-state index < -0.39 is 5.97 Å². The van der Waals surface area contributed by atoms with Gasteiger partial charge in [-0.3, -0.25) is 10.2 Å². The van der Waals surface area contributed by atoms with E-state index >= 15 is 0 Å². The number of aromatic nitrogens is 1. The molecular formula is C34H32N4O5S. The summed E-state index contributed by atoms with van der Waals surface area (Å²) in [4.78, 5) is 31.9. The average molecular weight is 609 g/mol. The minimum atomic E-state index is -1.20. The fraction of sp³-hybridized carbons (Fsp3) is 0.206. The zero-order valence-electron chi connectivity index (χ0n) is 24.2. The van der Waals surface area contributed by atoms with E-state index in [9.17, 15) is 14.7 Å². The molecule has 0 radical (unpaired) electrons. The Morgan fingerprint density at radius 3 is 2.68 bits per heavy atom. The molecule has 2 amide bonds. The van der Waals surface area contributed by atoms with Gasteiger partial charge in [0.25, 0.3) is 0 Å². The Bertz CT molecular complexity index is 1850. The molecule has 5 aromatic rings. The number of nitrogen functional groups attached to an aromatic ring is 1. The van der Waals surface area contributed by atoms with E-state index in [0.717, 1.165) is 45.8 Å². The smallest absolute Gasteiger partial charge is 0.358 e. The molecule has 2 aromatic heterocycles. The molecule has 0 fully saturated rings. The molecule has 6 rings (SSSR count). The SMILES string of the molecule is CCc1c(NC(=O)N2CCCc3ccc(-c4ccc(OCCOc5cccc(N)c5)c(C(=O)O)n4)cc32)sc2ccccc12. The number of nitrogens with zero attached hydrogens (tertiary/aromatic N) is 2. The zero-order valence-corrected chi connectivity index (χ0v) is 25.0. The fourth-order valence-electron chi connectivity index (χ4n) is 5.45. The van der Waals surface area contributed by atoms with Crippen LogP contribution in [-0.4, -0.2) is 41.8 Å². The number of carboxylic acid groups (broad SMARTS) is 1. The molecule has 0 spiro atoms. The molecule has 44 heavy (non-hydrogen) atoms. The third kappa shape index (κ3) is 6.02. The Balaban J connectivity index is 1.20. The molecule has 0 saturated carbocycles. The fourth-order valence-corrected chi connectivity index (χ4v) is 6.64. The highest BCUT2D eigenvalue weighted by Crippen LogP contribution is 2.38. The molecule has 0 aliphatic carbocycles. The van der Waals surface area contributed by atoms with Crippen LogP contribution in [0.2, 0.25) is 0 Å². The molecule has 1 aliphatic rings. The summed E-state index contributed by atoms with van der Waals surface area (Å²) in [6.45, 7) is 3.00. The number of urea groups is 1. The largest absolute Gasteiger partial charge is 0.490 e. The lowest BCUT2D eigenvalue weighted by atomic mass is 9.98. The Labute approximate surface area is 258 Å². The Morgan fingerprint density at radius 1 is 1.02 bits per heavy atom. The van der Waals surface area contributed by atoms with Crippen LogP contribution in [0.5, 0.6) is 11.5 Å². The first-order chi connectivity index (χ1) is 21.4. The number of anilines is 3. The second-order valence-electron chi connectivity index (χ2n) is 10.4. The summed E-state index contributed by atoms with van der Waals surface area (Å²) >= 11 is 1.59. The highest BCUT2D eigenvalue weighted by molar-refractivity contribution is 7.23. The standard InChI is InChI=1S/C34H32N4O5S/c1-2-25-26-10-3-4-11-30(26)44-32(25)37-34(41)38-16-6-7-21-12-13-22(19-28(21)38)27-14-15-29(31(36-27)33(39)40)43-18-17-42-24-9-5-8-23(35)20-24/h3-5,8-15,19-20H,2,6-7,16-18,35H2,1H3,(H,37,41)(H,39,40). The first-order valence-corrected chi connectivity index (χ1v) is 15.3. The Morgan fingerprint density at radius 2 is 1.86 bits per heavy atom. The van der Waals surface area contributed by atoms with Gasteiger partial charge in [0.2, 0.25) is 0 Å². The number of aromatic carboxylic acids is 1. The van der Waals surface area contributed by atoms with Gasteiger partial charge in [0, 0.05) is 34.2 Å². The number of hydrogen-bond acceptors (Lipinski definition) is 7. The number of benzene rings is 3. The number of nitrogens with one attached hydrogen (secondary N) is 1. The minimum Gasteiger partial charge on any atom is -0.490 e. The number of ether oxygens (including phenoxy) is 2. The molecule has 1 aliphatic heterocycles. The summed E-state index contributed by atoms with van der Waals surface area (Å²) in [6.07, 6.45) is 2.51. The lowest BCUT2D eigenvalue weighted by Gasteiger charge is -2.30. The zero-order chi connectivity index (χ0) is 30.6. The first-order valence-electron chi connectivity index (χ1n) is 14.5. The predicted molar refractivity (Wildman–Crippen MR) is 174 cm³/mol. The summed E-state index contributed by atoms with van der Waals surface area (Å²) in [5.41, 5.74) is 10.3. The Kier molecular flexibility index (Phi) is 8.33. The second kappa shape index (κ2) is 12.6. The van der Waals surface area contributed by atoms with Crippen LogP contribution in [-0.2, 0) is 12.8 Å². The van der Waals surface area contributed by atoms with Crippen molar-refractivity contribution >= 4 is 49.8 Å². The maximum absolute atomic E-state index is 13.6. The van der Waals surface area contributed by atoms with Crippen LogP contribution in [0.25, 0.3) is 21.3 Å². The number of carbonyl (C=O) groups excluding carboxylic acids is 1. The molecule has 0 bridgehead atoms. The normalized spacial score (nSPS) is 12.5. The van der Waals surface area contributed by atoms with Gasteiger partial charge in [-0.15, -0.1) is 11.3 Å². The van der Waals surface area contributed by atoms with Crippen molar-refractivity contribution in [1.29, 1.82) is 0 Å². The highest BCUT2D eigenvalue weighted by Gasteiger charge is 2.25. The molecule has 0 unspecified atom stereocenters. The number of rotatable bonds is 9. The highest BCUT2D eigenvalue weighted by atomic mass is 32.1. The van der Waals surface area contributed by atoms with Gasteiger partial charge in [-0.25, -0.2) is 14.6 Å². The lowest BCUT2D eigenvalue weighted by molar-refractivity contribution is 0.0684. The van der Waals surface area contributed by atoms with Crippen LogP contribution in [0, 0.1) is 0 Å². The number of amides is 2. The number of aryl methyl sites for hydroxylation is 2. The van der Waals surface area contributed by atoms with E-state index in [0.29, 0.717) is 29.2 Å². The summed E-state index contributed by atoms with van der Waals surface area (Å²) in [5, 5.41) is 15.1. The molecule has 3 aromatic carbocycles. The average Bonchev–Trinajstić information content (AvgIpc) is 3.39. The Hall–Kier alpha value is -5.09. The van der Waals surface area contributed by atoms with Gasteiger partial charge in [0.1, 0.15) is 24.0 Å². The molecule has 3 heterocycles. The number of pyridine rings is 1. The van der Waals surface area contributed by atoms with Gasteiger partial charge in [0.15, 0.2) is 11.4 Å². The number of nitrogens with two attached hydrogens (primary N) is 1. The number of carboxylic acids is 1. The van der Waals surface area contributed by atoms with Crippen molar-refractivity contribution in [3.8, 4) is 22.8 Å². The predicted octanol–water partition coefficient (Wildman–Crippen LogP) is 7.25. The first kappa shape index (κ1) is 29.0. The molecule has 4 N–H and O–H groups in total. The number of carbonyl (C=O) groups is 2. The topological polar surface area (TPSA) is 127 Å². The van der Waals surface area contributed by atoms with Gasteiger partial charge in [-0.2, -0.15) is 0 Å². The van der Waals surface area contributed by atoms with Crippen molar-refractivity contribution in [2.24, 2.45) is 0 Å². The second-order valence-corrected chi connectivity index (χ2v) is 11.5. The third-order valence-corrected chi connectivity index (χ3v) is 8.67. The van der Waals surface area contributed by atoms with E-state index in [2.05, 4.69) is 29.4 Å². The van der Waals surface area contributed by atoms with Crippen molar-refractivity contribution in [3.63, 3.8) is 0 Å². The van der Waals surface area contributed by atoms with E-state index in [-0.39, 0.29) is 30.7 Å². The van der Waals surface area contributed by atoms with E-state index in [4.69, 9.17) is 15.2 Å². The summed E-state index contributed by atoms with van der Waals surface area (Å²) in [7, 11) is 0. The monoisotopic (exact) mass is 608 g/mol. The number of hydrogen-bond donors (Lipinski definition) is 3. The molecular weight excluding hydrogens is 576 g/mol. The van der Waals surface area contributed by atoms with E-state index in [1.807, 2.05) is 30.3 Å². The minimum absolute atomic E-state index is 0.124. The van der Waals surface area contributed by atoms with Gasteiger partial charge < -0.3 is 20.3 Å². The third-order valence-electron chi connectivity index (χ3n) is 7.55. The van der Waals surface area contributed by atoms with Crippen LogP contribution >= 0.6 is 11.3 Å². The van der Waals surface area contributed by atoms with E-state index in [1.54, 1.807) is 52.6 Å². The molecule has 10 heteroatoms. The molecule has 0 atom stereocenters. The van der Waals surface area contributed by atoms with E-state index in [1.165, 1.54) is 5.39 Å². The molecule has 224 valence electrons. The lowest BCUT2D eigenvalue weighted by Crippen LogP contribution is -2.38. The molecule has 9 nitrogen and oxygen atoms in total. The van der Waals surface area contributed by atoms with Crippen LogP contribution in [0.15, 0.2) is 78.9 Å². The number of fused-ring (bicyclic) bond motifs is 2. The van der Waals surface area contributed by atoms with Crippen LogP contribution in [0.1, 0.15) is 35.0 Å². The quantitative estimate of drug-likeness (QED) is 0.119. The van der Waals surface area contributed by atoms with Crippen LogP contribution in [0.4, 0.5) is 21.2 Å². The van der Waals surface area contributed by atoms with Gasteiger partial charge >= 0.3 is 12.0 Å². The number of thiophene rings is 1. The maximum atomic E-state index is 13.6. The van der Waals surface area contributed by atoms with Gasteiger partial charge in [-0.1, -0.05) is 43.3 Å².